The second-order valence-corrected chi connectivity index (χ2v) is 4.96. The van der Waals surface area contributed by atoms with Gasteiger partial charge in [-0.2, -0.15) is 0 Å². The summed E-state index contributed by atoms with van der Waals surface area (Å²) in [5.41, 5.74) is 8.75. The summed E-state index contributed by atoms with van der Waals surface area (Å²) >= 11 is 0. The van der Waals surface area contributed by atoms with Crippen molar-refractivity contribution in [2.45, 2.75) is 33.4 Å². The molecule has 1 aromatic heterocycles. The molecule has 100 valence electrons. The van der Waals surface area contributed by atoms with Crippen molar-refractivity contribution in [3.8, 4) is 0 Å². The lowest BCUT2D eigenvalue weighted by molar-refractivity contribution is 0.659. The Bertz CT molecular complexity index is 551. The Kier molecular flexibility index (Phi) is 4.00. The summed E-state index contributed by atoms with van der Waals surface area (Å²) in [6.07, 6.45) is 1.80. The number of nitrogen functional groups attached to an aromatic ring is 1. The first-order chi connectivity index (χ1) is 9.06. The van der Waals surface area contributed by atoms with Gasteiger partial charge in [-0.15, -0.1) is 0 Å². The molecule has 4 heteroatoms. The number of nitrogens with two attached hydrogens (primary N) is 1. The number of hydrogen-bond donors (Lipinski definition) is 1. The summed E-state index contributed by atoms with van der Waals surface area (Å²) in [6.45, 7) is 7.01. The second-order valence-electron chi connectivity index (χ2n) is 4.96. The molecule has 19 heavy (non-hydrogen) atoms. The minimum atomic E-state index is 0.322. The topological polar surface area (TPSA) is 55.0 Å². The number of benzene rings is 1. The van der Waals surface area contributed by atoms with Crippen LogP contribution in [0.2, 0.25) is 0 Å². The summed E-state index contributed by atoms with van der Waals surface area (Å²) in [5.74, 6) is 0.762. The molecule has 0 unspecified atom stereocenters. The Balaban J connectivity index is 2.26. The van der Waals surface area contributed by atoms with Gasteiger partial charge in [0.25, 0.3) is 0 Å². The van der Waals surface area contributed by atoms with Gasteiger partial charge >= 0.3 is 0 Å². The Morgan fingerprint density at radius 2 is 2.05 bits per heavy atom. The maximum absolute atomic E-state index is 5.82. The third kappa shape index (κ3) is 3.44. The van der Waals surface area contributed by atoms with Gasteiger partial charge in [0.05, 0.1) is 0 Å². The number of anilines is 2. The first-order valence-electron chi connectivity index (χ1n) is 6.47. The van der Waals surface area contributed by atoms with E-state index in [2.05, 4.69) is 34.8 Å². The zero-order valence-electron chi connectivity index (χ0n) is 11.7. The number of nitrogens with zero attached hydrogens (tertiary/aromatic N) is 3. The van der Waals surface area contributed by atoms with Crippen LogP contribution in [0.15, 0.2) is 36.5 Å². The molecular formula is C15H20N4. The summed E-state index contributed by atoms with van der Waals surface area (Å²) in [7, 11) is 0. The van der Waals surface area contributed by atoms with Crippen LogP contribution >= 0.6 is 0 Å². The second kappa shape index (κ2) is 5.69. The van der Waals surface area contributed by atoms with Gasteiger partial charge in [-0.25, -0.2) is 9.97 Å². The van der Waals surface area contributed by atoms with Gasteiger partial charge in [-0.3, -0.25) is 0 Å². The lowest BCUT2D eigenvalue weighted by Gasteiger charge is -2.27. The number of aryl methyl sites for hydroxylation is 1. The van der Waals surface area contributed by atoms with Crippen molar-refractivity contribution in [3.05, 3.63) is 47.8 Å². The van der Waals surface area contributed by atoms with Crippen LogP contribution in [0.25, 0.3) is 0 Å². The van der Waals surface area contributed by atoms with Gasteiger partial charge in [0, 0.05) is 30.2 Å². The highest BCUT2D eigenvalue weighted by atomic mass is 15.3. The quantitative estimate of drug-likeness (QED) is 0.855. The molecule has 1 aromatic carbocycles. The van der Waals surface area contributed by atoms with Crippen molar-refractivity contribution < 1.29 is 0 Å². The van der Waals surface area contributed by atoms with Crippen LogP contribution in [0.3, 0.4) is 0 Å². The highest BCUT2D eigenvalue weighted by Crippen LogP contribution is 2.17. The molecule has 2 N–H and O–H groups in total. The lowest BCUT2D eigenvalue weighted by atomic mass is 10.1. The van der Waals surface area contributed by atoms with Gasteiger partial charge in [-0.1, -0.05) is 12.1 Å². The van der Waals surface area contributed by atoms with Crippen LogP contribution in [0, 0.1) is 6.92 Å². The molecule has 0 fully saturated rings. The summed E-state index contributed by atoms with van der Waals surface area (Å²) in [4.78, 5) is 11.0. The first-order valence-corrected chi connectivity index (χ1v) is 6.47. The highest BCUT2D eigenvalue weighted by Gasteiger charge is 2.14. The fourth-order valence-corrected chi connectivity index (χ4v) is 1.95. The van der Waals surface area contributed by atoms with E-state index in [-0.39, 0.29) is 0 Å². The Hall–Kier alpha value is -2.10. The summed E-state index contributed by atoms with van der Waals surface area (Å²) in [5, 5.41) is 0. The molecular weight excluding hydrogens is 236 g/mol. The molecule has 0 aliphatic carbocycles. The maximum Gasteiger partial charge on any atom is 0.226 e. The molecule has 0 aliphatic rings. The zero-order chi connectivity index (χ0) is 13.8. The Morgan fingerprint density at radius 3 is 2.68 bits per heavy atom. The predicted octanol–water partition coefficient (Wildman–Crippen LogP) is 2.78. The normalized spacial score (nSPS) is 10.7. The molecule has 0 atom stereocenters. The van der Waals surface area contributed by atoms with Crippen molar-refractivity contribution in [1.29, 1.82) is 0 Å². The lowest BCUT2D eigenvalue weighted by Crippen LogP contribution is -2.31. The molecule has 0 aliphatic heterocycles. The predicted molar refractivity (Wildman–Crippen MR) is 78.9 cm³/mol. The molecule has 0 amide bonds. The summed E-state index contributed by atoms with van der Waals surface area (Å²) in [6, 6.07) is 10.2. The van der Waals surface area contributed by atoms with Gasteiger partial charge in [0.2, 0.25) is 5.95 Å². The molecule has 0 saturated carbocycles. The fraction of sp³-hybridized carbons (Fsp3) is 0.333. The van der Waals surface area contributed by atoms with Gasteiger partial charge in [0.15, 0.2) is 0 Å². The fourth-order valence-electron chi connectivity index (χ4n) is 1.95. The molecule has 0 radical (unpaired) electrons. The van der Waals surface area contributed by atoms with Crippen molar-refractivity contribution in [3.63, 3.8) is 0 Å². The first kappa shape index (κ1) is 13.3. The van der Waals surface area contributed by atoms with Crippen molar-refractivity contribution in [2.75, 3.05) is 10.6 Å². The third-order valence-corrected chi connectivity index (χ3v) is 2.97. The Labute approximate surface area is 114 Å². The minimum Gasteiger partial charge on any atom is -0.399 e. The van der Waals surface area contributed by atoms with Crippen LogP contribution in [0.4, 0.5) is 11.6 Å². The van der Waals surface area contributed by atoms with Gasteiger partial charge in [0.1, 0.15) is 0 Å². The largest absolute Gasteiger partial charge is 0.399 e. The van der Waals surface area contributed by atoms with Crippen LogP contribution in [0.1, 0.15) is 25.1 Å². The molecule has 2 rings (SSSR count). The van der Waals surface area contributed by atoms with Gasteiger partial charge < -0.3 is 10.6 Å². The van der Waals surface area contributed by atoms with E-state index in [9.17, 15) is 0 Å². The average Bonchev–Trinajstić information content (AvgIpc) is 2.35. The van der Waals surface area contributed by atoms with E-state index in [0.717, 1.165) is 23.9 Å². The van der Waals surface area contributed by atoms with Crippen LogP contribution in [0.5, 0.6) is 0 Å². The zero-order valence-corrected chi connectivity index (χ0v) is 11.7. The van der Waals surface area contributed by atoms with E-state index in [4.69, 9.17) is 5.73 Å². The van der Waals surface area contributed by atoms with Crippen molar-refractivity contribution >= 4 is 11.6 Å². The molecule has 0 spiro atoms. The smallest absolute Gasteiger partial charge is 0.226 e. The maximum atomic E-state index is 5.82. The average molecular weight is 256 g/mol. The van der Waals surface area contributed by atoms with Crippen LogP contribution in [-0.2, 0) is 6.54 Å². The monoisotopic (exact) mass is 256 g/mol. The standard InChI is InChI=1S/C15H20N4/c1-11(2)19(15-17-8-7-12(3)18-15)10-13-5-4-6-14(16)9-13/h4-9,11H,10,16H2,1-3H3. The van der Waals surface area contributed by atoms with Gasteiger partial charge in [-0.05, 0) is 44.5 Å². The van der Waals surface area contributed by atoms with E-state index < -0.39 is 0 Å². The third-order valence-electron chi connectivity index (χ3n) is 2.97. The number of hydrogen-bond acceptors (Lipinski definition) is 4. The Morgan fingerprint density at radius 1 is 1.26 bits per heavy atom. The van der Waals surface area contributed by atoms with E-state index in [1.807, 2.05) is 31.2 Å². The SMILES string of the molecule is Cc1ccnc(N(Cc2cccc(N)c2)C(C)C)n1. The van der Waals surface area contributed by atoms with E-state index in [0.29, 0.717) is 6.04 Å². The number of aromatic nitrogens is 2. The van der Waals surface area contributed by atoms with Crippen molar-refractivity contribution in [2.24, 2.45) is 0 Å². The number of rotatable bonds is 4. The van der Waals surface area contributed by atoms with Crippen LogP contribution < -0.4 is 10.6 Å². The molecule has 0 saturated heterocycles. The minimum absolute atomic E-state index is 0.322. The molecule has 1 heterocycles. The molecule has 2 aromatic rings. The van der Waals surface area contributed by atoms with E-state index in [1.165, 1.54) is 5.56 Å². The van der Waals surface area contributed by atoms with Crippen LogP contribution in [-0.4, -0.2) is 16.0 Å². The summed E-state index contributed by atoms with van der Waals surface area (Å²) < 4.78 is 0. The van der Waals surface area contributed by atoms with E-state index in [1.54, 1.807) is 6.20 Å². The van der Waals surface area contributed by atoms with Crippen molar-refractivity contribution in [1.82, 2.24) is 9.97 Å². The molecule has 0 bridgehead atoms. The highest BCUT2D eigenvalue weighted by molar-refractivity contribution is 5.42. The molecule has 4 nitrogen and oxygen atoms in total. The van der Waals surface area contributed by atoms with E-state index >= 15 is 0 Å².